The summed E-state index contributed by atoms with van der Waals surface area (Å²) in [5.74, 6) is 0. The summed E-state index contributed by atoms with van der Waals surface area (Å²) in [7, 11) is -2.00. The quantitative estimate of drug-likeness (QED) is 0.750. The van der Waals surface area contributed by atoms with Gasteiger partial charge in [-0.25, -0.2) is 13.4 Å². The largest absolute Gasteiger partial charge is 0.274 e. The van der Waals surface area contributed by atoms with Gasteiger partial charge in [-0.1, -0.05) is 27.3 Å². The molecule has 0 saturated heterocycles. The number of aryl methyl sites for hydroxylation is 2. The minimum atomic E-state index is -3.68. The van der Waals surface area contributed by atoms with Gasteiger partial charge in [-0.2, -0.15) is 5.10 Å². The summed E-state index contributed by atoms with van der Waals surface area (Å²) in [4.78, 5) is 4.44. The summed E-state index contributed by atoms with van der Waals surface area (Å²) in [6, 6.07) is 5.61. The Morgan fingerprint density at radius 3 is 2.81 bits per heavy atom. The van der Waals surface area contributed by atoms with Crippen LogP contribution < -0.4 is 4.72 Å². The molecule has 2 heterocycles. The van der Waals surface area contributed by atoms with E-state index in [1.807, 2.05) is 18.2 Å². The smallest absolute Gasteiger partial charge is 0.267 e. The molecular formula is C12H11BrN4O2S2. The van der Waals surface area contributed by atoms with Gasteiger partial charge in [0.25, 0.3) is 10.0 Å². The number of hydrogen-bond donors (Lipinski definition) is 1. The van der Waals surface area contributed by atoms with Gasteiger partial charge < -0.3 is 0 Å². The first-order valence-electron chi connectivity index (χ1n) is 5.94. The molecule has 3 rings (SSSR count). The highest BCUT2D eigenvalue weighted by Gasteiger charge is 2.21. The maximum atomic E-state index is 12.4. The van der Waals surface area contributed by atoms with Gasteiger partial charge in [0.15, 0.2) is 5.13 Å². The van der Waals surface area contributed by atoms with Crippen LogP contribution in [0, 0.1) is 6.92 Å². The molecule has 3 aromatic rings. The summed E-state index contributed by atoms with van der Waals surface area (Å²) >= 11 is 4.67. The fourth-order valence-corrected chi connectivity index (χ4v) is 4.83. The number of rotatable bonds is 3. The van der Waals surface area contributed by atoms with Gasteiger partial charge in [-0.15, -0.1) is 0 Å². The first-order valence-corrected chi connectivity index (χ1v) is 9.03. The number of benzene rings is 1. The van der Waals surface area contributed by atoms with E-state index in [9.17, 15) is 8.42 Å². The van der Waals surface area contributed by atoms with Crippen LogP contribution in [-0.4, -0.2) is 23.2 Å². The Morgan fingerprint density at radius 2 is 2.14 bits per heavy atom. The Hall–Kier alpha value is -1.45. The third-order valence-electron chi connectivity index (χ3n) is 2.83. The number of nitrogens with one attached hydrogen (secondary N) is 1. The van der Waals surface area contributed by atoms with Crippen LogP contribution in [-0.2, 0) is 17.1 Å². The average Bonchev–Trinajstić information content (AvgIpc) is 2.91. The zero-order valence-electron chi connectivity index (χ0n) is 11.2. The summed E-state index contributed by atoms with van der Waals surface area (Å²) in [5.41, 5.74) is 1.21. The molecule has 0 bridgehead atoms. The van der Waals surface area contributed by atoms with Crippen molar-refractivity contribution >= 4 is 52.6 Å². The van der Waals surface area contributed by atoms with E-state index in [4.69, 9.17) is 0 Å². The third-order valence-corrected chi connectivity index (χ3v) is 5.83. The predicted molar refractivity (Wildman–Crippen MR) is 86.1 cm³/mol. The molecule has 1 N–H and O–H groups in total. The number of fused-ring (bicyclic) bond motifs is 1. The van der Waals surface area contributed by atoms with Crippen molar-refractivity contribution in [2.45, 2.75) is 11.8 Å². The number of nitrogens with zero attached hydrogens (tertiary/aromatic N) is 3. The second-order valence-corrected chi connectivity index (χ2v) is 8.09. The first kappa shape index (κ1) is 14.5. The lowest BCUT2D eigenvalue weighted by atomic mass is 10.3. The topological polar surface area (TPSA) is 76.9 Å². The van der Waals surface area contributed by atoms with Crippen LogP contribution in [0.1, 0.15) is 5.69 Å². The highest BCUT2D eigenvalue weighted by molar-refractivity contribution is 9.10. The summed E-state index contributed by atoms with van der Waals surface area (Å²) < 4.78 is 30.6. The lowest BCUT2D eigenvalue weighted by molar-refractivity contribution is 0.600. The second-order valence-electron chi connectivity index (χ2n) is 4.49. The molecular weight excluding hydrogens is 376 g/mol. The molecule has 0 saturated carbocycles. The number of aromatic nitrogens is 3. The zero-order valence-corrected chi connectivity index (χ0v) is 14.4. The molecule has 0 aliphatic carbocycles. The highest BCUT2D eigenvalue weighted by atomic mass is 79.9. The summed E-state index contributed by atoms with van der Waals surface area (Å²) in [6.45, 7) is 1.66. The van der Waals surface area contributed by atoms with E-state index in [2.05, 4.69) is 30.7 Å². The van der Waals surface area contributed by atoms with Crippen molar-refractivity contribution in [1.29, 1.82) is 0 Å². The monoisotopic (exact) mass is 386 g/mol. The van der Waals surface area contributed by atoms with Crippen molar-refractivity contribution in [3.05, 3.63) is 34.6 Å². The molecule has 1 aromatic carbocycles. The standard InChI is InChI=1S/C12H11BrN4O2S2/c1-7-11(6-17(2)15-7)21(18,19)16-12-14-9-4-3-8(13)5-10(9)20-12/h3-6H,1-2H3,(H,14,16). The van der Waals surface area contributed by atoms with Crippen LogP contribution in [0.15, 0.2) is 33.8 Å². The Bertz CT molecular complexity index is 930. The van der Waals surface area contributed by atoms with Gasteiger partial charge in [-0.05, 0) is 25.1 Å². The van der Waals surface area contributed by atoms with Gasteiger partial charge in [0.1, 0.15) is 4.90 Å². The molecule has 2 aromatic heterocycles. The van der Waals surface area contributed by atoms with Gasteiger partial charge in [0, 0.05) is 17.7 Å². The molecule has 0 aliphatic heterocycles. The van der Waals surface area contributed by atoms with Crippen molar-refractivity contribution in [3.8, 4) is 0 Å². The number of thiazole rings is 1. The van der Waals surface area contributed by atoms with Gasteiger partial charge in [0.2, 0.25) is 0 Å². The number of sulfonamides is 1. The van der Waals surface area contributed by atoms with Crippen molar-refractivity contribution in [2.75, 3.05) is 4.72 Å². The predicted octanol–water partition coefficient (Wildman–Crippen LogP) is 2.90. The molecule has 0 atom stereocenters. The Kier molecular flexibility index (Phi) is 3.50. The maximum absolute atomic E-state index is 12.4. The number of halogens is 1. The number of hydrogen-bond acceptors (Lipinski definition) is 5. The molecule has 0 amide bonds. The third kappa shape index (κ3) is 2.81. The van der Waals surface area contributed by atoms with E-state index in [-0.39, 0.29) is 4.90 Å². The van der Waals surface area contributed by atoms with Gasteiger partial charge >= 0.3 is 0 Å². The van der Waals surface area contributed by atoms with Crippen LogP contribution in [0.3, 0.4) is 0 Å². The van der Waals surface area contributed by atoms with E-state index < -0.39 is 10.0 Å². The SMILES string of the molecule is Cc1nn(C)cc1S(=O)(=O)Nc1nc2ccc(Br)cc2s1. The fourth-order valence-electron chi connectivity index (χ4n) is 1.95. The Morgan fingerprint density at radius 1 is 1.38 bits per heavy atom. The van der Waals surface area contributed by atoms with Crippen LogP contribution in [0.25, 0.3) is 10.2 Å². The lowest BCUT2D eigenvalue weighted by Crippen LogP contribution is -2.13. The van der Waals surface area contributed by atoms with E-state index in [1.165, 1.54) is 22.2 Å². The molecule has 110 valence electrons. The van der Waals surface area contributed by atoms with E-state index in [0.717, 1.165) is 14.7 Å². The van der Waals surface area contributed by atoms with Gasteiger partial charge in [-0.3, -0.25) is 9.40 Å². The van der Waals surface area contributed by atoms with Crippen LogP contribution in [0.2, 0.25) is 0 Å². The van der Waals surface area contributed by atoms with Crippen molar-refractivity contribution < 1.29 is 8.42 Å². The average molecular weight is 387 g/mol. The number of anilines is 1. The van der Waals surface area contributed by atoms with Crippen LogP contribution in [0.5, 0.6) is 0 Å². The van der Waals surface area contributed by atoms with E-state index >= 15 is 0 Å². The summed E-state index contributed by atoms with van der Waals surface area (Å²) in [6.07, 6.45) is 1.47. The van der Waals surface area contributed by atoms with Crippen LogP contribution >= 0.6 is 27.3 Å². The van der Waals surface area contributed by atoms with E-state index in [0.29, 0.717) is 10.8 Å². The zero-order chi connectivity index (χ0) is 15.2. The molecule has 0 spiro atoms. The summed E-state index contributed by atoms with van der Waals surface area (Å²) in [5, 5.41) is 4.39. The molecule has 0 aliphatic rings. The molecule has 21 heavy (non-hydrogen) atoms. The molecule has 9 heteroatoms. The van der Waals surface area contributed by atoms with Crippen molar-refractivity contribution in [3.63, 3.8) is 0 Å². The van der Waals surface area contributed by atoms with Crippen LogP contribution in [0.4, 0.5) is 5.13 Å². The van der Waals surface area contributed by atoms with Crippen molar-refractivity contribution in [1.82, 2.24) is 14.8 Å². The minimum absolute atomic E-state index is 0.158. The molecule has 0 fully saturated rings. The van der Waals surface area contributed by atoms with Gasteiger partial charge in [0.05, 0.1) is 15.9 Å². The fraction of sp³-hybridized carbons (Fsp3) is 0.167. The second kappa shape index (κ2) is 5.08. The van der Waals surface area contributed by atoms with Crippen molar-refractivity contribution in [2.24, 2.45) is 7.05 Å². The normalized spacial score (nSPS) is 12.0. The Labute approximate surface area is 134 Å². The minimum Gasteiger partial charge on any atom is -0.274 e. The molecule has 0 radical (unpaired) electrons. The first-order chi connectivity index (χ1) is 9.85. The maximum Gasteiger partial charge on any atom is 0.267 e. The molecule has 6 nitrogen and oxygen atoms in total. The lowest BCUT2D eigenvalue weighted by Gasteiger charge is -2.02. The Balaban J connectivity index is 1.99. The molecule has 0 unspecified atom stereocenters. The highest BCUT2D eigenvalue weighted by Crippen LogP contribution is 2.30. The van der Waals surface area contributed by atoms with E-state index in [1.54, 1.807) is 14.0 Å².